The molecule has 0 aromatic carbocycles. The van der Waals surface area contributed by atoms with Gasteiger partial charge in [0.1, 0.15) is 0 Å². The topological polar surface area (TPSA) is 60.0 Å². The Hall–Kier alpha value is -1.01. The first-order valence-electron chi connectivity index (χ1n) is 5.55. The minimum Gasteiger partial charge on any atom is -0.392 e. The van der Waals surface area contributed by atoms with Crippen LogP contribution >= 0.6 is 12.2 Å². The average molecular weight is 239 g/mol. The molecule has 0 spiro atoms. The molecule has 1 aliphatic rings. The fourth-order valence-electron chi connectivity index (χ4n) is 2.18. The second kappa shape index (κ2) is 4.88. The molecule has 1 aliphatic heterocycles. The van der Waals surface area contributed by atoms with Crippen molar-refractivity contribution in [3.63, 3.8) is 0 Å². The SMILES string of the molecule is Cn1cc(CN2CCCCC2C(N)=S)nn1. The van der Waals surface area contributed by atoms with Crippen molar-refractivity contribution in [3.8, 4) is 0 Å². The second-order valence-electron chi connectivity index (χ2n) is 4.27. The van der Waals surface area contributed by atoms with Gasteiger partial charge in [-0.1, -0.05) is 23.9 Å². The van der Waals surface area contributed by atoms with Crippen molar-refractivity contribution in [2.24, 2.45) is 12.8 Å². The van der Waals surface area contributed by atoms with Crippen LogP contribution in [0, 0.1) is 0 Å². The van der Waals surface area contributed by atoms with Gasteiger partial charge in [-0.25, -0.2) is 0 Å². The second-order valence-corrected chi connectivity index (χ2v) is 4.74. The number of piperidine rings is 1. The van der Waals surface area contributed by atoms with Gasteiger partial charge in [0, 0.05) is 19.8 Å². The van der Waals surface area contributed by atoms with E-state index in [1.54, 1.807) is 4.68 Å². The maximum Gasteiger partial charge on any atom is 0.0967 e. The Labute approximate surface area is 101 Å². The molecule has 0 aliphatic carbocycles. The number of rotatable bonds is 3. The van der Waals surface area contributed by atoms with Crippen molar-refractivity contribution >= 4 is 17.2 Å². The van der Waals surface area contributed by atoms with Crippen LogP contribution in [-0.2, 0) is 13.6 Å². The third kappa shape index (κ3) is 2.56. The number of thiocarbonyl (C=S) groups is 1. The Morgan fingerprint density at radius 1 is 1.62 bits per heavy atom. The van der Waals surface area contributed by atoms with Crippen molar-refractivity contribution < 1.29 is 0 Å². The summed E-state index contributed by atoms with van der Waals surface area (Å²) in [5.74, 6) is 0. The molecule has 1 atom stereocenters. The summed E-state index contributed by atoms with van der Waals surface area (Å²) in [6.45, 7) is 1.83. The van der Waals surface area contributed by atoms with Gasteiger partial charge in [-0.3, -0.25) is 9.58 Å². The predicted molar refractivity (Wildman–Crippen MR) is 65.8 cm³/mol. The zero-order chi connectivity index (χ0) is 11.5. The molecule has 6 heteroatoms. The summed E-state index contributed by atoms with van der Waals surface area (Å²) in [6.07, 6.45) is 5.42. The fraction of sp³-hybridized carbons (Fsp3) is 0.700. The highest BCUT2D eigenvalue weighted by atomic mass is 32.1. The van der Waals surface area contributed by atoms with Crippen molar-refractivity contribution in [3.05, 3.63) is 11.9 Å². The summed E-state index contributed by atoms with van der Waals surface area (Å²) in [6, 6.07) is 0.228. The molecule has 88 valence electrons. The number of hydrogen-bond acceptors (Lipinski definition) is 4. The zero-order valence-corrected chi connectivity index (χ0v) is 10.3. The van der Waals surface area contributed by atoms with Crippen LogP contribution in [0.25, 0.3) is 0 Å². The van der Waals surface area contributed by atoms with E-state index in [-0.39, 0.29) is 6.04 Å². The molecule has 2 rings (SSSR count). The van der Waals surface area contributed by atoms with Crippen molar-refractivity contribution in [2.75, 3.05) is 6.54 Å². The summed E-state index contributed by atoms with van der Waals surface area (Å²) in [5.41, 5.74) is 6.74. The number of nitrogens with zero attached hydrogens (tertiary/aromatic N) is 4. The molecule has 0 amide bonds. The lowest BCUT2D eigenvalue weighted by atomic mass is 10.0. The number of likely N-dealkylation sites (tertiary alicyclic amines) is 1. The fourth-order valence-corrected chi connectivity index (χ4v) is 2.45. The molecule has 1 saturated heterocycles. The highest BCUT2D eigenvalue weighted by Gasteiger charge is 2.25. The maximum atomic E-state index is 5.76. The summed E-state index contributed by atoms with van der Waals surface area (Å²) in [4.78, 5) is 2.90. The molecule has 2 N–H and O–H groups in total. The minimum atomic E-state index is 0.228. The van der Waals surface area contributed by atoms with Crippen LogP contribution in [0.3, 0.4) is 0 Å². The molecule has 16 heavy (non-hydrogen) atoms. The van der Waals surface area contributed by atoms with E-state index in [9.17, 15) is 0 Å². The van der Waals surface area contributed by atoms with E-state index in [1.165, 1.54) is 12.8 Å². The van der Waals surface area contributed by atoms with Gasteiger partial charge in [0.15, 0.2) is 0 Å². The normalized spacial score (nSPS) is 22.2. The molecule has 1 aromatic rings. The Kier molecular flexibility index (Phi) is 3.50. The van der Waals surface area contributed by atoms with Crippen LogP contribution in [0.15, 0.2) is 6.20 Å². The van der Waals surface area contributed by atoms with E-state index in [0.717, 1.165) is 25.2 Å². The van der Waals surface area contributed by atoms with Gasteiger partial charge in [-0.05, 0) is 19.4 Å². The molecular weight excluding hydrogens is 222 g/mol. The smallest absolute Gasteiger partial charge is 0.0967 e. The van der Waals surface area contributed by atoms with E-state index >= 15 is 0 Å². The van der Waals surface area contributed by atoms with E-state index < -0.39 is 0 Å². The minimum absolute atomic E-state index is 0.228. The summed E-state index contributed by atoms with van der Waals surface area (Å²) in [5, 5.41) is 8.02. The van der Waals surface area contributed by atoms with Gasteiger partial charge >= 0.3 is 0 Å². The summed E-state index contributed by atoms with van der Waals surface area (Å²) >= 11 is 5.11. The molecule has 2 heterocycles. The standard InChI is InChI=1S/C10H17N5S/c1-14-6-8(12-13-14)7-15-5-3-2-4-9(15)10(11)16/h6,9H,2-5,7H2,1H3,(H2,11,16). The van der Waals surface area contributed by atoms with Crippen LogP contribution in [0.5, 0.6) is 0 Å². The van der Waals surface area contributed by atoms with Crippen LogP contribution in [0.1, 0.15) is 25.0 Å². The molecule has 1 fully saturated rings. The third-order valence-corrected chi connectivity index (χ3v) is 3.23. The largest absolute Gasteiger partial charge is 0.392 e. The monoisotopic (exact) mass is 239 g/mol. The van der Waals surface area contributed by atoms with Gasteiger partial charge in [0.25, 0.3) is 0 Å². The van der Waals surface area contributed by atoms with Gasteiger partial charge in [-0.15, -0.1) is 5.10 Å². The van der Waals surface area contributed by atoms with Gasteiger partial charge in [0.05, 0.1) is 16.7 Å². The Bertz CT molecular complexity index is 375. The first-order chi connectivity index (χ1) is 7.66. The van der Waals surface area contributed by atoms with Gasteiger partial charge < -0.3 is 5.73 Å². The van der Waals surface area contributed by atoms with Gasteiger partial charge in [0.2, 0.25) is 0 Å². The molecule has 5 nitrogen and oxygen atoms in total. The van der Waals surface area contributed by atoms with Crippen LogP contribution < -0.4 is 5.73 Å². The Morgan fingerprint density at radius 3 is 3.06 bits per heavy atom. The molecular formula is C10H17N5S. The first kappa shape index (κ1) is 11.5. The molecule has 0 radical (unpaired) electrons. The van der Waals surface area contributed by atoms with Crippen molar-refractivity contribution in [1.29, 1.82) is 0 Å². The summed E-state index contributed by atoms with van der Waals surface area (Å²) < 4.78 is 1.72. The number of nitrogens with two attached hydrogens (primary N) is 1. The quantitative estimate of drug-likeness (QED) is 0.776. The van der Waals surface area contributed by atoms with Crippen molar-refractivity contribution in [1.82, 2.24) is 19.9 Å². The highest BCUT2D eigenvalue weighted by Crippen LogP contribution is 2.19. The van der Waals surface area contributed by atoms with E-state index in [0.29, 0.717) is 4.99 Å². The summed E-state index contributed by atoms with van der Waals surface area (Å²) in [7, 11) is 1.87. The zero-order valence-electron chi connectivity index (χ0n) is 9.46. The van der Waals surface area contributed by atoms with Crippen molar-refractivity contribution in [2.45, 2.75) is 31.8 Å². The number of aromatic nitrogens is 3. The third-order valence-electron chi connectivity index (χ3n) is 2.96. The Balaban J connectivity index is 2.03. The van der Waals surface area contributed by atoms with E-state index in [4.69, 9.17) is 18.0 Å². The highest BCUT2D eigenvalue weighted by molar-refractivity contribution is 7.80. The lowest BCUT2D eigenvalue weighted by Crippen LogP contribution is -2.46. The predicted octanol–water partition coefficient (Wildman–Crippen LogP) is 0.456. The Morgan fingerprint density at radius 2 is 2.44 bits per heavy atom. The van der Waals surface area contributed by atoms with E-state index in [2.05, 4.69) is 15.2 Å². The molecule has 1 aromatic heterocycles. The lowest BCUT2D eigenvalue weighted by molar-refractivity contribution is 0.182. The number of aryl methyl sites for hydroxylation is 1. The van der Waals surface area contributed by atoms with Crippen LogP contribution in [0.4, 0.5) is 0 Å². The van der Waals surface area contributed by atoms with Crippen LogP contribution in [0.2, 0.25) is 0 Å². The van der Waals surface area contributed by atoms with Gasteiger partial charge in [-0.2, -0.15) is 0 Å². The average Bonchev–Trinajstić information content (AvgIpc) is 2.64. The number of hydrogen-bond donors (Lipinski definition) is 1. The van der Waals surface area contributed by atoms with Crippen LogP contribution in [-0.4, -0.2) is 37.5 Å². The first-order valence-corrected chi connectivity index (χ1v) is 5.96. The van der Waals surface area contributed by atoms with E-state index in [1.807, 2.05) is 13.2 Å². The lowest BCUT2D eigenvalue weighted by Gasteiger charge is -2.34. The molecule has 0 bridgehead atoms. The molecule has 1 unspecified atom stereocenters. The molecule has 0 saturated carbocycles. The maximum absolute atomic E-state index is 5.76.